The average Bonchev–Trinajstić information content (AvgIpc) is 3.10. The molecular formula is C25H31NO4. The van der Waals surface area contributed by atoms with Crippen molar-refractivity contribution < 1.29 is 19.7 Å². The number of nitrogens with zero attached hydrogens (tertiary/aromatic N) is 1. The summed E-state index contributed by atoms with van der Waals surface area (Å²) in [5, 5.41) is 21.5. The summed E-state index contributed by atoms with van der Waals surface area (Å²) in [6.45, 7) is 6.44. The second kappa shape index (κ2) is 7.56. The fourth-order valence-corrected chi connectivity index (χ4v) is 5.21. The first-order valence-corrected chi connectivity index (χ1v) is 11.1. The summed E-state index contributed by atoms with van der Waals surface area (Å²) in [6.07, 6.45) is 2.50. The number of aliphatic hydroxyl groups excluding tert-OH is 2. The van der Waals surface area contributed by atoms with Crippen LogP contribution in [0.3, 0.4) is 0 Å². The third-order valence-electron chi connectivity index (χ3n) is 6.92. The zero-order valence-corrected chi connectivity index (χ0v) is 17.8. The van der Waals surface area contributed by atoms with Crippen molar-refractivity contribution in [3.8, 4) is 11.5 Å². The Morgan fingerprint density at radius 2 is 1.90 bits per heavy atom. The minimum absolute atomic E-state index is 0.213. The number of aryl methyl sites for hydroxylation is 1. The number of rotatable bonds is 3. The number of hydrogen-bond acceptors (Lipinski definition) is 5. The van der Waals surface area contributed by atoms with Crippen molar-refractivity contribution in [2.45, 2.75) is 63.4 Å². The van der Waals surface area contributed by atoms with Gasteiger partial charge in [-0.1, -0.05) is 17.7 Å². The van der Waals surface area contributed by atoms with E-state index in [9.17, 15) is 10.2 Å². The molecule has 5 nitrogen and oxygen atoms in total. The monoisotopic (exact) mass is 409 g/mol. The van der Waals surface area contributed by atoms with E-state index in [1.165, 1.54) is 5.56 Å². The van der Waals surface area contributed by atoms with Crippen LogP contribution >= 0.6 is 0 Å². The summed E-state index contributed by atoms with van der Waals surface area (Å²) in [4.78, 5) is 2.31. The van der Waals surface area contributed by atoms with Crippen LogP contribution in [-0.4, -0.2) is 46.5 Å². The fourth-order valence-electron chi connectivity index (χ4n) is 5.21. The lowest BCUT2D eigenvalue weighted by Gasteiger charge is -2.46. The van der Waals surface area contributed by atoms with Crippen molar-refractivity contribution >= 4 is 0 Å². The molecule has 0 unspecified atom stereocenters. The lowest BCUT2D eigenvalue weighted by Crippen LogP contribution is -2.51. The molecule has 5 heteroatoms. The quantitative estimate of drug-likeness (QED) is 0.809. The van der Waals surface area contributed by atoms with Crippen LogP contribution < -0.4 is 9.47 Å². The molecule has 1 spiro atoms. The molecule has 1 fully saturated rings. The smallest absolute Gasteiger partial charge is 0.125 e. The van der Waals surface area contributed by atoms with Gasteiger partial charge < -0.3 is 24.6 Å². The Hall–Kier alpha value is -2.08. The van der Waals surface area contributed by atoms with Crippen LogP contribution in [0.4, 0.5) is 0 Å². The first kappa shape index (κ1) is 19.9. The molecule has 0 amide bonds. The van der Waals surface area contributed by atoms with Crippen molar-refractivity contribution in [3.05, 3.63) is 58.7 Å². The second-order valence-corrected chi connectivity index (χ2v) is 9.36. The highest BCUT2D eigenvalue weighted by atomic mass is 16.5. The van der Waals surface area contributed by atoms with Crippen LogP contribution in [0.25, 0.3) is 0 Å². The molecule has 2 N–H and O–H groups in total. The predicted octanol–water partition coefficient (Wildman–Crippen LogP) is 3.70. The summed E-state index contributed by atoms with van der Waals surface area (Å²) >= 11 is 0. The lowest BCUT2D eigenvalue weighted by molar-refractivity contribution is -0.0588. The molecule has 2 aromatic carbocycles. The second-order valence-electron chi connectivity index (χ2n) is 9.36. The maximum Gasteiger partial charge on any atom is 0.125 e. The van der Waals surface area contributed by atoms with E-state index in [1.54, 1.807) is 0 Å². The number of ether oxygens (including phenoxy) is 2. The van der Waals surface area contributed by atoms with E-state index >= 15 is 0 Å². The van der Waals surface area contributed by atoms with Crippen LogP contribution in [0.15, 0.2) is 36.4 Å². The molecule has 30 heavy (non-hydrogen) atoms. The molecule has 3 aliphatic rings. The minimum Gasteiger partial charge on any atom is -0.490 e. The molecule has 5 rings (SSSR count). The maximum atomic E-state index is 10.8. The fraction of sp³-hybridized carbons (Fsp3) is 0.520. The molecule has 160 valence electrons. The van der Waals surface area contributed by atoms with Gasteiger partial charge in [-0.2, -0.15) is 0 Å². The SMILES string of the molecule is Cc1ccc2c(c1)[C@H](O)CC1(CCN(C[C@@H](O)c3ccc4c(c3)C[C@H](C)O4)CC1)O2. The van der Waals surface area contributed by atoms with Gasteiger partial charge >= 0.3 is 0 Å². The van der Waals surface area contributed by atoms with E-state index < -0.39 is 12.2 Å². The Kier molecular flexibility index (Phi) is 5.00. The standard InChI is InChI=1S/C25H31NO4/c1-16-3-5-24-20(11-16)21(27)14-25(30-24)7-9-26(10-8-25)15-22(28)18-4-6-23-19(13-18)12-17(2)29-23/h3-6,11,13,17,21-22,27-28H,7-10,12,14-15H2,1-2H3/t17-,21+,22+/m0/s1. The van der Waals surface area contributed by atoms with E-state index in [4.69, 9.17) is 9.47 Å². The molecule has 0 radical (unpaired) electrons. The Morgan fingerprint density at radius 3 is 2.70 bits per heavy atom. The molecule has 3 atom stereocenters. The van der Waals surface area contributed by atoms with Gasteiger partial charge in [-0.15, -0.1) is 0 Å². The lowest BCUT2D eigenvalue weighted by atomic mass is 9.81. The van der Waals surface area contributed by atoms with Gasteiger partial charge in [0.2, 0.25) is 0 Å². The third kappa shape index (κ3) is 3.70. The number of piperidine rings is 1. The van der Waals surface area contributed by atoms with Crippen molar-refractivity contribution in [1.29, 1.82) is 0 Å². The summed E-state index contributed by atoms with van der Waals surface area (Å²) in [6, 6.07) is 12.1. The van der Waals surface area contributed by atoms with E-state index in [2.05, 4.69) is 17.9 Å². The van der Waals surface area contributed by atoms with Gasteiger partial charge in [0.05, 0.1) is 12.2 Å². The maximum absolute atomic E-state index is 10.8. The Bertz CT molecular complexity index is 935. The zero-order chi connectivity index (χ0) is 20.9. The summed E-state index contributed by atoms with van der Waals surface area (Å²) in [5.41, 5.74) is 3.90. The van der Waals surface area contributed by atoms with Crippen LogP contribution in [-0.2, 0) is 6.42 Å². The molecule has 2 aromatic rings. The largest absolute Gasteiger partial charge is 0.490 e. The van der Waals surface area contributed by atoms with Crippen LogP contribution in [0.2, 0.25) is 0 Å². The van der Waals surface area contributed by atoms with Crippen molar-refractivity contribution in [2.24, 2.45) is 0 Å². The van der Waals surface area contributed by atoms with E-state index in [0.29, 0.717) is 13.0 Å². The Morgan fingerprint density at radius 1 is 1.13 bits per heavy atom. The highest BCUT2D eigenvalue weighted by Crippen LogP contribution is 2.44. The van der Waals surface area contributed by atoms with Gasteiger partial charge in [0, 0.05) is 38.0 Å². The number of aliphatic hydroxyl groups is 2. The van der Waals surface area contributed by atoms with E-state index in [-0.39, 0.29) is 11.7 Å². The molecule has 0 aromatic heterocycles. The average molecular weight is 410 g/mol. The number of β-amino-alcohol motifs (C(OH)–C–C–N with tert-alkyl or cyclic N) is 1. The topological polar surface area (TPSA) is 62.2 Å². The number of benzene rings is 2. The van der Waals surface area contributed by atoms with Gasteiger partial charge in [0.15, 0.2) is 0 Å². The van der Waals surface area contributed by atoms with Gasteiger partial charge in [-0.25, -0.2) is 0 Å². The summed E-state index contributed by atoms with van der Waals surface area (Å²) in [7, 11) is 0. The summed E-state index contributed by atoms with van der Waals surface area (Å²) < 4.78 is 12.2. The molecule has 3 heterocycles. The van der Waals surface area contributed by atoms with Crippen LogP contribution in [0.1, 0.15) is 60.6 Å². The van der Waals surface area contributed by atoms with Crippen molar-refractivity contribution in [2.75, 3.05) is 19.6 Å². The van der Waals surface area contributed by atoms with E-state index in [1.807, 2.05) is 37.3 Å². The molecule has 0 aliphatic carbocycles. The third-order valence-corrected chi connectivity index (χ3v) is 6.92. The number of hydrogen-bond donors (Lipinski definition) is 2. The highest BCUT2D eigenvalue weighted by Gasteiger charge is 2.43. The van der Waals surface area contributed by atoms with Gasteiger partial charge in [-0.05, 0) is 62.1 Å². The molecular weight excluding hydrogens is 378 g/mol. The molecule has 1 saturated heterocycles. The number of likely N-dealkylation sites (tertiary alicyclic amines) is 1. The first-order chi connectivity index (χ1) is 14.4. The van der Waals surface area contributed by atoms with Crippen LogP contribution in [0, 0.1) is 6.92 Å². The molecule has 0 bridgehead atoms. The van der Waals surface area contributed by atoms with E-state index in [0.717, 1.165) is 60.5 Å². The predicted molar refractivity (Wildman–Crippen MR) is 115 cm³/mol. The van der Waals surface area contributed by atoms with Gasteiger partial charge in [-0.3, -0.25) is 0 Å². The Balaban J connectivity index is 1.21. The highest BCUT2D eigenvalue weighted by molar-refractivity contribution is 5.42. The zero-order valence-electron chi connectivity index (χ0n) is 17.8. The first-order valence-electron chi connectivity index (χ1n) is 11.1. The van der Waals surface area contributed by atoms with Crippen molar-refractivity contribution in [1.82, 2.24) is 4.90 Å². The van der Waals surface area contributed by atoms with Crippen molar-refractivity contribution in [3.63, 3.8) is 0 Å². The van der Waals surface area contributed by atoms with Gasteiger partial charge in [0.1, 0.15) is 23.2 Å². The minimum atomic E-state index is -0.512. The van der Waals surface area contributed by atoms with Crippen LogP contribution in [0.5, 0.6) is 11.5 Å². The number of fused-ring (bicyclic) bond motifs is 2. The molecule has 3 aliphatic heterocycles. The normalized spacial score (nSPS) is 25.9. The summed E-state index contributed by atoms with van der Waals surface area (Å²) in [5.74, 6) is 1.77. The van der Waals surface area contributed by atoms with Gasteiger partial charge in [0.25, 0.3) is 0 Å². The Labute approximate surface area is 178 Å². The molecule has 0 saturated carbocycles.